The van der Waals surface area contributed by atoms with Crippen LogP contribution in [0.4, 0.5) is 0 Å². The minimum Gasteiger partial charge on any atom is -0.383 e. The second-order valence-electron chi connectivity index (χ2n) is 4.18. The van der Waals surface area contributed by atoms with E-state index in [4.69, 9.17) is 10.5 Å². The molecule has 4 heteroatoms. The van der Waals surface area contributed by atoms with Crippen molar-refractivity contribution in [2.45, 2.75) is 44.7 Å². The van der Waals surface area contributed by atoms with Gasteiger partial charge in [0.05, 0.1) is 6.61 Å². The van der Waals surface area contributed by atoms with E-state index in [0.717, 1.165) is 32.2 Å². The van der Waals surface area contributed by atoms with Crippen LogP contribution in [0.1, 0.15) is 32.6 Å². The van der Waals surface area contributed by atoms with E-state index in [9.17, 15) is 4.79 Å². The summed E-state index contributed by atoms with van der Waals surface area (Å²) in [5, 5.41) is 0. The van der Waals surface area contributed by atoms with Crippen molar-refractivity contribution in [2.24, 2.45) is 5.73 Å². The lowest BCUT2D eigenvalue weighted by Gasteiger charge is -2.25. The Balaban J connectivity index is 2.43. The third-order valence-electron chi connectivity index (χ3n) is 2.69. The first-order chi connectivity index (χ1) is 7.20. The molecule has 1 rings (SSSR count). The average Bonchev–Trinajstić information content (AvgIpc) is 3.02. The van der Waals surface area contributed by atoms with E-state index < -0.39 is 6.04 Å². The largest absolute Gasteiger partial charge is 0.383 e. The molecule has 88 valence electrons. The summed E-state index contributed by atoms with van der Waals surface area (Å²) in [7, 11) is 1.57. The summed E-state index contributed by atoms with van der Waals surface area (Å²) >= 11 is 0. The first kappa shape index (κ1) is 12.5. The van der Waals surface area contributed by atoms with Crippen LogP contribution in [0.25, 0.3) is 0 Å². The fraction of sp³-hybridized carbons (Fsp3) is 0.909. The molecule has 1 aliphatic carbocycles. The van der Waals surface area contributed by atoms with Crippen LogP contribution < -0.4 is 5.73 Å². The first-order valence-corrected chi connectivity index (χ1v) is 5.75. The van der Waals surface area contributed by atoms with Gasteiger partial charge in [0.15, 0.2) is 0 Å². The predicted molar refractivity (Wildman–Crippen MR) is 59.5 cm³/mol. The maximum atomic E-state index is 11.9. The maximum Gasteiger partial charge on any atom is 0.242 e. The van der Waals surface area contributed by atoms with Crippen molar-refractivity contribution in [2.75, 3.05) is 20.3 Å². The number of rotatable bonds is 7. The van der Waals surface area contributed by atoms with Gasteiger partial charge in [0.25, 0.3) is 0 Å². The summed E-state index contributed by atoms with van der Waals surface area (Å²) in [5.74, 6) is 0.0489. The molecule has 0 heterocycles. The van der Waals surface area contributed by atoms with Gasteiger partial charge < -0.3 is 15.4 Å². The zero-order valence-electron chi connectivity index (χ0n) is 9.74. The molecular formula is C11H22N2O2. The van der Waals surface area contributed by atoms with E-state index in [1.54, 1.807) is 7.11 Å². The Hall–Kier alpha value is -0.610. The minimum absolute atomic E-state index is 0.0489. The van der Waals surface area contributed by atoms with Gasteiger partial charge in [0, 0.05) is 19.7 Å². The maximum absolute atomic E-state index is 11.9. The van der Waals surface area contributed by atoms with E-state index >= 15 is 0 Å². The van der Waals surface area contributed by atoms with E-state index in [2.05, 4.69) is 6.92 Å². The van der Waals surface area contributed by atoms with Crippen LogP contribution in [0.2, 0.25) is 0 Å². The molecule has 1 aliphatic rings. The highest BCUT2D eigenvalue weighted by molar-refractivity contribution is 5.82. The van der Waals surface area contributed by atoms with Crippen molar-refractivity contribution in [3.05, 3.63) is 0 Å². The molecule has 1 fully saturated rings. The van der Waals surface area contributed by atoms with Crippen LogP contribution in [-0.4, -0.2) is 43.2 Å². The minimum atomic E-state index is -0.493. The van der Waals surface area contributed by atoms with Gasteiger partial charge in [-0.3, -0.25) is 4.79 Å². The van der Waals surface area contributed by atoms with Crippen molar-refractivity contribution in [3.63, 3.8) is 0 Å². The molecule has 0 saturated heterocycles. The first-order valence-electron chi connectivity index (χ1n) is 5.75. The van der Waals surface area contributed by atoms with E-state index in [0.29, 0.717) is 12.6 Å². The molecule has 2 N–H and O–H groups in total. The number of methoxy groups -OCH3 is 1. The second-order valence-corrected chi connectivity index (χ2v) is 4.18. The molecule has 0 aromatic carbocycles. The number of nitrogens with two attached hydrogens (primary N) is 1. The number of carbonyl (C=O) groups excluding carboxylic acids is 1. The lowest BCUT2D eigenvalue weighted by atomic mass is 10.2. The number of unbranched alkanes of at least 4 members (excludes halogenated alkanes) is 1. The fourth-order valence-electron chi connectivity index (χ4n) is 1.65. The fourth-order valence-corrected chi connectivity index (χ4v) is 1.65. The monoisotopic (exact) mass is 214 g/mol. The lowest BCUT2D eigenvalue weighted by molar-refractivity contribution is -0.134. The molecular weight excluding hydrogens is 192 g/mol. The molecule has 0 bridgehead atoms. The van der Waals surface area contributed by atoms with Crippen LogP contribution in [-0.2, 0) is 9.53 Å². The van der Waals surface area contributed by atoms with E-state index in [1.165, 1.54) is 0 Å². The Morgan fingerprint density at radius 1 is 1.60 bits per heavy atom. The SMILES string of the molecule is CCCCN(C(=O)C(N)COC)C1CC1. The number of hydrogen-bond acceptors (Lipinski definition) is 3. The summed E-state index contributed by atoms with van der Waals surface area (Å²) in [6.07, 6.45) is 4.43. The van der Waals surface area contributed by atoms with E-state index in [-0.39, 0.29) is 5.91 Å². The topological polar surface area (TPSA) is 55.6 Å². The second kappa shape index (κ2) is 6.08. The van der Waals surface area contributed by atoms with Crippen LogP contribution in [0.5, 0.6) is 0 Å². The molecule has 0 radical (unpaired) electrons. The Bertz CT molecular complexity index is 205. The zero-order chi connectivity index (χ0) is 11.3. The molecule has 0 spiro atoms. The van der Waals surface area contributed by atoms with Crippen molar-refractivity contribution in [1.82, 2.24) is 4.90 Å². The van der Waals surface area contributed by atoms with Gasteiger partial charge >= 0.3 is 0 Å². The third-order valence-corrected chi connectivity index (χ3v) is 2.69. The molecule has 4 nitrogen and oxygen atoms in total. The smallest absolute Gasteiger partial charge is 0.242 e. The van der Waals surface area contributed by atoms with Crippen LogP contribution in [0.15, 0.2) is 0 Å². The normalized spacial score (nSPS) is 17.5. The van der Waals surface area contributed by atoms with Crippen LogP contribution in [0.3, 0.4) is 0 Å². The Morgan fingerprint density at radius 3 is 2.73 bits per heavy atom. The molecule has 0 aliphatic heterocycles. The van der Waals surface area contributed by atoms with Crippen molar-refractivity contribution >= 4 is 5.91 Å². The summed E-state index contributed by atoms with van der Waals surface area (Å²) < 4.78 is 4.91. The number of nitrogens with zero attached hydrogens (tertiary/aromatic N) is 1. The summed E-state index contributed by atoms with van der Waals surface area (Å²) in [5.41, 5.74) is 5.75. The zero-order valence-corrected chi connectivity index (χ0v) is 9.74. The van der Waals surface area contributed by atoms with Gasteiger partial charge in [-0.05, 0) is 19.3 Å². The van der Waals surface area contributed by atoms with Gasteiger partial charge in [-0.2, -0.15) is 0 Å². The molecule has 0 aromatic heterocycles. The van der Waals surface area contributed by atoms with Gasteiger partial charge in [-0.1, -0.05) is 13.3 Å². The number of carbonyl (C=O) groups is 1. The quantitative estimate of drug-likeness (QED) is 0.680. The molecule has 1 atom stereocenters. The predicted octanol–water partition coefficient (Wildman–Crippen LogP) is 0.751. The number of hydrogen-bond donors (Lipinski definition) is 1. The summed E-state index contributed by atoms with van der Waals surface area (Å²) in [6, 6.07) is -0.0422. The molecule has 1 amide bonds. The van der Waals surface area contributed by atoms with Crippen LogP contribution in [0, 0.1) is 0 Å². The Labute approximate surface area is 91.8 Å². The van der Waals surface area contributed by atoms with Gasteiger partial charge in [0.1, 0.15) is 6.04 Å². The highest BCUT2D eigenvalue weighted by Gasteiger charge is 2.34. The Kier molecular flexibility index (Phi) is 5.05. The molecule has 1 saturated carbocycles. The Morgan fingerprint density at radius 2 is 2.27 bits per heavy atom. The summed E-state index contributed by atoms with van der Waals surface area (Å²) in [4.78, 5) is 13.9. The van der Waals surface area contributed by atoms with Gasteiger partial charge in [0.2, 0.25) is 5.91 Å². The average molecular weight is 214 g/mol. The van der Waals surface area contributed by atoms with Crippen molar-refractivity contribution in [3.8, 4) is 0 Å². The highest BCUT2D eigenvalue weighted by Crippen LogP contribution is 2.27. The van der Waals surface area contributed by atoms with Gasteiger partial charge in [-0.25, -0.2) is 0 Å². The molecule has 1 unspecified atom stereocenters. The highest BCUT2D eigenvalue weighted by atomic mass is 16.5. The van der Waals surface area contributed by atoms with Crippen molar-refractivity contribution < 1.29 is 9.53 Å². The third kappa shape index (κ3) is 3.80. The van der Waals surface area contributed by atoms with Crippen LogP contribution >= 0.6 is 0 Å². The lowest BCUT2D eigenvalue weighted by Crippen LogP contribution is -2.47. The standard InChI is InChI=1S/C11H22N2O2/c1-3-4-7-13(9-5-6-9)11(14)10(12)8-15-2/h9-10H,3-8,12H2,1-2H3. The van der Waals surface area contributed by atoms with Gasteiger partial charge in [-0.15, -0.1) is 0 Å². The number of amides is 1. The molecule has 15 heavy (non-hydrogen) atoms. The number of ether oxygens (including phenoxy) is 1. The van der Waals surface area contributed by atoms with Crippen molar-refractivity contribution in [1.29, 1.82) is 0 Å². The van der Waals surface area contributed by atoms with E-state index in [1.807, 2.05) is 4.90 Å². The molecule has 0 aromatic rings. The summed E-state index contributed by atoms with van der Waals surface area (Å²) in [6.45, 7) is 3.29.